The second kappa shape index (κ2) is 21.6. The molecule has 21 heteroatoms. The molecular weight excluding hydrogens is 979 g/mol. The molecule has 0 spiro atoms. The molecule has 2 aromatic heterocycles. The maximum Gasteiger partial charge on any atom is 0.378 e. The summed E-state index contributed by atoms with van der Waals surface area (Å²) in [5, 5.41) is 3.29. The number of carbonyl (C=O) groups is 4. The van der Waals surface area contributed by atoms with Crippen molar-refractivity contribution in [1.82, 2.24) is 20.1 Å². The zero-order valence-corrected chi connectivity index (χ0v) is 38.8. The summed E-state index contributed by atoms with van der Waals surface area (Å²) in [7, 11) is 0. The van der Waals surface area contributed by atoms with Crippen molar-refractivity contribution in [3.8, 4) is 17.2 Å². The molecule has 1 fully saturated rings. The topological polar surface area (TPSA) is 185 Å². The van der Waals surface area contributed by atoms with Crippen molar-refractivity contribution in [3.63, 3.8) is 0 Å². The number of esters is 1. The van der Waals surface area contributed by atoms with Crippen LogP contribution in [0.3, 0.4) is 0 Å². The molecule has 0 radical (unpaired) electrons. The first-order valence-corrected chi connectivity index (χ1v) is 22.7. The first-order valence-electron chi connectivity index (χ1n) is 21.9. The van der Waals surface area contributed by atoms with Gasteiger partial charge in [-0.3, -0.25) is 24.0 Å². The van der Waals surface area contributed by atoms with E-state index in [-0.39, 0.29) is 48.9 Å². The number of carbonyl (C=O) groups excluding carboxylic acids is 4. The standard InChI is InChI=1S/C50H40Cl2F4N4O11/c1-2-67-50(66)46-45(43(62)32(25-70-46)48(64)58-20-29-13-17-34(54)38(52)40(29)56)69-24-27-10-14-30(15-11-27)71-36-9-6-18-59-22-35(36)60-21-31(47(63)57-19-28-12-16-33(53)37(51)39(28)55)42(61)44(41(60)49(59)65)68-23-26-7-4-3-5-8-26/h3-5,7-8,10-17,21,25,35-36H,2,6,9,18-20,22-24H2,1H3,(H,57,63)(H,58,64). The Bertz CT molecular complexity index is 3170. The van der Waals surface area contributed by atoms with Crippen LogP contribution >= 0.6 is 23.2 Å². The molecular formula is C50H40Cl2F4N4O11. The minimum atomic E-state index is -1.10. The van der Waals surface area contributed by atoms with Gasteiger partial charge in [0.05, 0.1) is 12.6 Å². The van der Waals surface area contributed by atoms with Gasteiger partial charge in [0.15, 0.2) is 11.4 Å². The molecule has 368 valence electrons. The van der Waals surface area contributed by atoms with Crippen LogP contribution in [0.4, 0.5) is 17.6 Å². The average molecular weight is 1020 g/mol. The highest BCUT2D eigenvalue weighted by Gasteiger charge is 2.42. The van der Waals surface area contributed by atoms with Crippen LogP contribution in [0, 0.1) is 23.3 Å². The van der Waals surface area contributed by atoms with Crippen molar-refractivity contribution in [2.45, 2.75) is 58.2 Å². The predicted octanol–water partition coefficient (Wildman–Crippen LogP) is 8.10. The monoisotopic (exact) mass is 1020 g/mol. The molecule has 3 amide bonds. The van der Waals surface area contributed by atoms with Crippen LogP contribution in [-0.4, -0.2) is 59.0 Å². The number of nitrogens with zero attached hydrogens (tertiary/aromatic N) is 2. The zero-order chi connectivity index (χ0) is 50.5. The molecule has 2 aliphatic rings. The van der Waals surface area contributed by atoms with Crippen molar-refractivity contribution in [3.05, 3.63) is 190 Å². The number of nitrogens with one attached hydrogen (secondary N) is 2. The van der Waals surface area contributed by atoms with Crippen LogP contribution in [0.25, 0.3) is 0 Å². The molecule has 6 aromatic rings. The number of aromatic nitrogens is 1. The van der Waals surface area contributed by atoms with Crippen molar-refractivity contribution in [2.75, 3.05) is 19.7 Å². The van der Waals surface area contributed by atoms with Gasteiger partial charge in [0.2, 0.25) is 16.6 Å². The lowest BCUT2D eigenvalue weighted by molar-refractivity contribution is 0.0476. The van der Waals surface area contributed by atoms with Crippen LogP contribution in [0.5, 0.6) is 17.2 Å². The van der Waals surface area contributed by atoms with E-state index in [0.29, 0.717) is 36.3 Å². The summed E-state index contributed by atoms with van der Waals surface area (Å²) in [5.74, 6) is -8.98. The first-order chi connectivity index (χ1) is 34.1. The van der Waals surface area contributed by atoms with E-state index in [1.54, 1.807) is 59.5 Å². The van der Waals surface area contributed by atoms with E-state index >= 15 is 0 Å². The third kappa shape index (κ3) is 10.6. The summed E-state index contributed by atoms with van der Waals surface area (Å²) in [6, 6.07) is 18.6. The summed E-state index contributed by atoms with van der Waals surface area (Å²) >= 11 is 11.4. The van der Waals surface area contributed by atoms with Gasteiger partial charge in [-0.1, -0.05) is 77.8 Å². The number of fused-ring (bicyclic) bond motifs is 4. The quantitative estimate of drug-likeness (QED) is 0.0543. The summed E-state index contributed by atoms with van der Waals surface area (Å²) < 4.78 is 87.2. The van der Waals surface area contributed by atoms with Crippen LogP contribution in [-0.2, 0) is 31.0 Å². The highest BCUT2D eigenvalue weighted by Crippen LogP contribution is 2.35. The second-order valence-electron chi connectivity index (χ2n) is 16.2. The molecule has 4 aromatic carbocycles. The third-order valence-corrected chi connectivity index (χ3v) is 12.3. The van der Waals surface area contributed by atoms with E-state index in [9.17, 15) is 46.3 Å². The maximum atomic E-state index is 14.8. The Labute approximate surface area is 410 Å². The minimum Gasteiger partial charge on any atom is -0.488 e. The smallest absolute Gasteiger partial charge is 0.378 e. The number of rotatable bonds is 16. The molecule has 1 saturated heterocycles. The summed E-state index contributed by atoms with van der Waals surface area (Å²) in [4.78, 5) is 83.3. The largest absolute Gasteiger partial charge is 0.488 e. The number of hydrogen-bond acceptors (Lipinski definition) is 11. The van der Waals surface area contributed by atoms with E-state index in [2.05, 4.69) is 10.6 Å². The lowest BCUT2D eigenvalue weighted by Gasteiger charge is -2.37. The number of halogens is 6. The van der Waals surface area contributed by atoms with E-state index < -0.39 is 116 Å². The van der Waals surface area contributed by atoms with Gasteiger partial charge in [-0.05, 0) is 55.2 Å². The number of benzene rings is 4. The van der Waals surface area contributed by atoms with Gasteiger partial charge < -0.3 is 43.5 Å². The Morgan fingerprint density at radius 3 is 1.94 bits per heavy atom. The van der Waals surface area contributed by atoms with E-state index in [1.165, 1.54) is 17.7 Å². The first kappa shape index (κ1) is 49.8. The van der Waals surface area contributed by atoms with Crippen LogP contribution in [0.2, 0.25) is 10.0 Å². The zero-order valence-electron chi connectivity index (χ0n) is 37.3. The van der Waals surface area contributed by atoms with Crippen molar-refractivity contribution >= 4 is 46.9 Å². The van der Waals surface area contributed by atoms with Crippen molar-refractivity contribution in [1.29, 1.82) is 0 Å². The lowest BCUT2D eigenvalue weighted by atomic mass is 10.0. The average Bonchev–Trinajstić information content (AvgIpc) is 3.56. The maximum absolute atomic E-state index is 14.8. The Balaban J connectivity index is 1.04. The van der Waals surface area contributed by atoms with E-state index in [4.69, 9.17) is 46.6 Å². The predicted molar refractivity (Wildman–Crippen MR) is 247 cm³/mol. The van der Waals surface area contributed by atoms with Gasteiger partial charge in [0, 0.05) is 43.5 Å². The van der Waals surface area contributed by atoms with Crippen LogP contribution in [0.1, 0.15) is 89.8 Å². The van der Waals surface area contributed by atoms with Gasteiger partial charge in [0.25, 0.3) is 23.5 Å². The molecule has 2 aliphatic heterocycles. The van der Waals surface area contributed by atoms with Crippen LogP contribution in [0.15, 0.2) is 105 Å². The van der Waals surface area contributed by atoms with Crippen LogP contribution < -0.4 is 35.7 Å². The number of ether oxygens (including phenoxy) is 4. The summed E-state index contributed by atoms with van der Waals surface area (Å²) in [5.41, 5.74) is -2.24. The van der Waals surface area contributed by atoms with Crippen molar-refractivity contribution in [2.24, 2.45) is 0 Å². The van der Waals surface area contributed by atoms with Gasteiger partial charge in [-0.2, -0.15) is 0 Å². The Morgan fingerprint density at radius 1 is 0.746 bits per heavy atom. The molecule has 2 N–H and O–H groups in total. The van der Waals surface area contributed by atoms with Gasteiger partial charge in [0.1, 0.15) is 75.8 Å². The fourth-order valence-corrected chi connectivity index (χ4v) is 8.34. The second-order valence-corrected chi connectivity index (χ2v) is 16.9. The van der Waals surface area contributed by atoms with Crippen molar-refractivity contribution < 1.29 is 60.1 Å². The summed E-state index contributed by atoms with van der Waals surface area (Å²) in [6.07, 6.45) is 2.23. The molecule has 0 saturated carbocycles. The van der Waals surface area contributed by atoms with Gasteiger partial charge in [-0.15, -0.1) is 0 Å². The number of hydrogen-bond donors (Lipinski definition) is 2. The Morgan fingerprint density at radius 2 is 1.32 bits per heavy atom. The fourth-order valence-electron chi connectivity index (χ4n) is 7.97. The van der Waals surface area contributed by atoms with Gasteiger partial charge in [-0.25, -0.2) is 22.4 Å². The SMILES string of the molecule is CCOC(=O)c1occ(C(=O)NCc2ccc(F)c(Cl)c2F)c(=O)c1OCc1ccc(OC2CCCN3CC2n2cc(C(=O)NCc4ccc(F)c(Cl)c4F)c(=O)c(OCc4ccccc4)c2C3=O)cc1. The molecule has 2 atom stereocenters. The number of pyridine rings is 1. The molecule has 71 heavy (non-hydrogen) atoms. The Hall–Kier alpha value is -7.64. The minimum absolute atomic E-state index is 0.0889. The number of amides is 3. The fraction of sp³-hybridized carbons (Fsp3) is 0.240. The normalized spacial score (nSPS) is 15.0. The summed E-state index contributed by atoms with van der Waals surface area (Å²) in [6.45, 7) is 0.476. The molecule has 15 nitrogen and oxygen atoms in total. The molecule has 2 unspecified atom stereocenters. The highest BCUT2D eigenvalue weighted by molar-refractivity contribution is 6.31. The third-order valence-electron chi connectivity index (χ3n) is 11.6. The Kier molecular flexibility index (Phi) is 15.1. The molecule has 2 bridgehead atoms. The molecule has 8 rings (SSSR count). The molecule has 4 heterocycles. The molecule has 0 aliphatic carbocycles. The van der Waals surface area contributed by atoms with Gasteiger partial charge >= 0.3 is 5.97 Å². The lowest BCUT2D eigenvalue weighted by Crippen LogP contribution is -2.48. The highest BCUT2D eigenvalue weighted by atomic mass is 35.5. The van der Waals surface area contributed by atoms with E-state index in [1.807, 2.05) is 0 Å². The van der Waals surface area contributed by atoms with E-state index in [0.717, 1.165) is 30.5 Å².